The van der Waals surface area contributed by atoms with Crippen molar-refractivity contribution in [1.82, 2.24) is 15.4 Å². The largest absolute Gasteiger partial charge is 0.366 e. The topological polar surface area (TPSA) is 83.6 Å². The molecule has 3 N–H and O–H groups in total. The van der Waals surface area contributed by atoms with Crippen LogP contribution < -0.4 is 11.2 Å². The molecular weight excluding hydrogens is 237 g/mol. The Labute approximate surface area is 104 Å². The van der Waals surface area contributed by atoms with Gasteiger partial charge in [-0.2, -0.15) is 0 Å². The van der Waals surface area contributed by atoms with Gasteiger partial charge in [0.05, 0.1) is 11.8 Å². The third kappa shape index (κ3) is 3.63. The standard InChI is InChI=1S/C11H14FN5O/c1-14-7-17(15-2)6-10(11(13)18)8-3-9(12)5-16-4-8/h3-7,15H,1-2H3,(H2,13,18)/b10-6+,14-7?. The molecule has 0 unspecified atom stereocenters. The fourth-order valence-corrected chi connectivity index (χ4v) is 1.26. The van der Waals surface area contributed by atoms with Crippen molar-refractivity contribution in [3.63, 3.8) is 0 Å². The predicted molar refractivity (Wildman–Crippen MR) is 66.7 cm³/mol. The van der Waals surface area contributed by atoms with E-state index in [1.165, 1.54) is 29.8 Å². The minimum Gasteiger partial charge on any atom is -0.366 e. The molecule has 0 saturated carbocycles. The molecule has 1 rings (SSSR count). The van der Waals surface area contributed by atoms with Gasteiger partial charge in [0, 0.05) is 32.1 Å². The minimum atomic E-state index is -0.688. The lowest BCUT2D eigenvalue weighted by molar-refractivity contribution is -0.112. The van der Waals surface area contributed by atoms with Crippen molar-refractivity contribution in [3.8, 4) is 0 Å². The summed E-state index contributed by atoms with van der Waals surface area (Å²) in [7, 11) is 3.21. The number of amides is 1. The zero-order valence-corrected chi connectivity index (χ0v) is 10.1. The van der Waals surface area contributed by atoms with Crippen LogP contribution in [0.2, 0.25) is 0 Å². The van der Waals surface area contributed by atoms with Crippen LogP contribution in [-0.4, -0.2) is 36.3 Å². The van der Waals surface area contributed by atoms with E-state index in [-0.39, 0.29) is 5.57 Å². The molecular formula is C11H14FN5O. The van der Waals surface area contributed by atoms with Crippen molar-refractivity contribution in [2.75, 3.05) is 14.1 Å². The molecule has 0 aliphatic rings. The number of hydrogen-bond donors (Lipinski definition) is 2. The molecule has 0 aromatic carbocycles. The molecule has 0 bridgehead atoms. The van der Waals surface area contributed by atoms with Crippen molar-refractivity contribution >= 4 is 17.8 Å². The lowest BCUT2D eigenvalue weighted by Crippen LogP contribution is -2.30. The summed E-state index contributed by atoms with van der Waals surface area (Å²) in [5.74, 6) is -1.23. The molecule has 6 nitrogen and oxygen atoms in total. The fraction of sp³-hybridized carbons (Fsp3) is 0.182. The van der Waals surface area contributed by atoms with Gasteiger partial charge in [-0.3, -0.25) is 19.8 Å². The first kappa shape index (κ1) is 13.8. The quantitative estimate of drug-likeness (QED) is 0.337. The Morgan fingerprint density at radius 3 is 2.83 bits per heavy atom. The third-order valence-electron chi connectivity index (χ3n) is 2.05. The number of pyridine rings is 1. The first-order chi connectivity index (χ1) is 8.58. The van der Waals surface area contributed by atoms with Gasteiger partial charge in [-0.05, 0) is 6.07 Å². The van der Waals surface area contributed by atoms with Gasteiger partial charge in [0.2, 0.25) is 0 Å². The van der Waals surface area contributed by atoms with E-state index in [1.54, 1.807) is 14.1 Å². The van der Waals surface area contributed by atoms with Gasteiger partial charge in [-0.25, -0.2) is 9.82 Å². The SMILES string of the molecule is CN=CN(/C=C(/C(N)=O)c1cncc(F)c1)NC. The Morgan fingerprint density at radius 2 is 2.33 bits per heavy atom. The van der Waals surface area contributed by atoms with E-state index in [0.29, 0.717) is 5.56 Å². The summed E-state index contributed by atoms with van der Waals surface area (Å²) >= 11 is 0. The van der Waals surface area contributed by atoms with E-state index < -0.39 is 11.7 Å². The Hall–Kier alpha value is -2.28. The molecule has 0 atom stereocenters. The Bertz CT molecular complexity index is 486. The van der Waals surface area contributed by atoms with Crippen LogP contribution in [0.3, 0.4) is 0 Å². The normalized spacial score (nSPS) is 11.8. The highest BCUT2D eigenvalue weighted by Crippen LogP contribution is 2.14. The first-order valence-electron chi connectivity index (χ1n) is 5.09. The average Bonchev–Trinajstić information content (AvgIpc) is 2.33. The molecule has 1 aromatic rings. The number of carbonyl (C=O) groups is 1. The summed E-state index contributed by atoms with van der Waals surface area (Å²) in [6.07, 6.45) is 5.25. The van der Waals surface area contributed by atoms with Crippen LogP contribution in [-0.2, 0) is 4.79 Å². The zero-order chi connectivity index (χ0) is 13.5. The zero-order valence-electron chi connectivity index (χ0n) is 10.1. The van der Waals surface area contributed by atoms with Gasteiger partial charge in [0.15, 0.2) is 0 Å². The number of nitrogens with one attached hydrogen (secondary N) is 1. The maximum atomic E-state index is 13.1. The number of rotatable bonds is 5. The van der Waals surface area contributed by atoms with Crippen LogP contribution in [0, 0.1) is 5.82 Å². The lowest BCUT2D eigenvalue weighted by Gasteiger charge is -2.14. The van der Waals surface area contributed by atoms with Crippen LogP contribution in [0.15, 0.2) is 29.7 Å². The Morgan fingerprint density at radius 1 is 1.61 bits per heavy atom. The molecule has 1 heterocycles. The van der Waals surface area contributed by atoms with E-state index in [0.717, 1.165) is 6.20 Å². The summed E-state index contributed by atoms with van der Waals surface area (Å²) < 4.78 is 13.1. The molecule has 0 radical (unpaired) electrons. The molecule has 1 aromatic heterocycles. The highest BCUT2D eigenvalue weighted by atomic mass is 19.1. The number of aliphatic imine (C=N–C) groups is 1. The van der Waals surface area contributed by atoms with E-state index in [4.69, 9.17) is 5.73 Å². The Kier molecular flexibility index (Phi) is 4.94. The van der Waals surface area contributed by atoms with Gasteiger partial charge in [0.25, 0.3) is 5.91 Å². The number of nitrogens with zero attached hydrogens (tertiary/aromatic N) is 3. The van der Waals surface area contributed by atoms with Crippen LogP contribution >= 0.6 is 0 Å². The van der Waals surface area contributed by atoms with Crippen molar-refractivity contribution in [3.05, 3.63) is 36.0 Å². The molecule has 0 aliphatic heterocycles. The summed E-state index contributed by atoms with van der Waals surface area (Å²) in [6.45, 7) is 0. The van der Waals surface area contributed by atoms with Crippen LogP contribution in [0.25, 0.3) is 5.57 Å². The monoisotopic (exact) mass is 251 g/mol. The van der Waals surface area contributed by atoms with Gasteiger partial charge in [-0.1, -0.05) is 0 Å². The highest BCUT2D eigenvalue weighted by Gasteiger charge is 2.11. The van der Waals surface area contributed by atoms with Crippen molar-refractivity contribution in [1.29, 1.82) is 0 Å². The van der Waals surface area contributed by atoms with Gasteiger partial charge in [0.1, 0.15) is 12.2 Å². The summed E-state index contributed by atoms with van der Waals surface area (Å²) in [5, 5.41) is 1.42. The number of halogens is 1. The number of primary amides is 1. The van der Waals surface area contributed by atoms with Crippen molar-refractivity contribution < 1.29 is 9.18 Å². The number of aromatic nitrogens is 1. The van der Waals surface area contributed by atoms with Gasteiger partial charge >= 0.3 is 0 Å². The molecule has 96 valence electrons. The maximum Gasteiger partial charge on any atom is 0.250 e. The van der Waals surface area contributed by atoms with Crippen LogP contribution in [0.5, 0.6) is 0 Å². The number of hydrogen-bond acceptors (Lipinski definition) is 4. The molecule has 7 heteroatoms. The van der Waals surface area contributed by atoms with E-state index in [2.05, 4.69) is 15.4 Å². The number of nitrogens with two attached hydrogens (primary N) is 1. The van der Waals surface area contributed by atoms with E-state index >= 15 is 0 Å². The molecule has 0 saturated heterocycles. The Balaban J connectivity index is 3.17. The van der Waals surface area contributed by atoms with E-state index in [9.17, 15) is 9.18 Å². The molecule has 0 fully saturated rings. The second-order valence-electron chi connectivity index (χ2n) is 3.30. The molecule has 0 aliphatic carbocycles. The first-order valence-corrected chi connectivity index (χ1v) is 5.09. The maximum absolute atomic E-state index is 13.1. The fourth-order valence-electron chi connectivity index (χ4n) is 1.26. The smallest absolute Gasteiger partial charge is 0.250 e. The average molecular weight is 251 g/mol. The van der Waals surface area contributed by atoms with Crippen LogP contribution in [0.1, 0.15) is 5.56 Å². The third-order valence-corrected chi connectivity index (χ3v) is 2.05. The molecule has 0 spiro atoms. The summed E-state index contributed by atoms with van der Waals surface area (Å²) in [4.78, 5) is 18.8. The van der Waals surface area contributed by atoms with Crippen molar-refractivity contribution in [2.45, 2.75) is 0 Å². The molecule has 1 amide bonds. The highest BCUT2D eigenvalue weighted by molar-refractivity contribution is 6.18. The second kappa shape index (κ2) is 6.45. The van der Waals surface area contributed by atoms with E-state index in [1.807, 2.05) is 0 Å². The van der Waals surface area contributed by atoms with Gasteiger partial charge < -0.3 is 5.73 Å². The second-order valence-corrected chi connectivity index (χ2v) is 3.30. The molecule has 18 heavy (non-hydrogen) atoms. The summed E-state index contributed by atoms with van der Waals surface area (Å²) in [5.41, 5.74) is 8.44. The minimum absolute atomic E-state index is 0.122. The number of carbonyl (C=O) groups excluding carboxylic acids is 1. The van der Waals surface area contributed by atoms with Crippen molar-refractivity contribution in [2.24, 2.45) is 10.7 Å². The summed E-state index contributed by atoms with van der Waals surface area (Å²) in [6, 6.07) is 1.18. The number of hydrazine groups is 1. The van der Waals surface area contributed by atoms with Crippen LogP contribution in [0.4, 0.5) is 4.39 Å². The predicted octanol–water partition coefficient (Wildman–Crippen LogP) is 0.141. The van der Waals surface area contributed by atoms with Gasteiger partial charge in [-0.15, -0.1) is 0 Å². The lowest BCUT2D eigenvalue weighted by atomic mass is 10.1.